The predicted octanol–water partition coefficient (Wildman–Crippen LogP) is 2.97. The average molecular weight is 285 g/mol. The normalized spacial score (nSPS) is 10.8. The van der Waals surface area contributed by atoms with E-state index < -0.39 is 0 Å². The Morgan fingerprint density at radius 1 is 1.21 bits per heavy atom. The van der Waals surface area contributed by atoms with Crippen molar-refractivity contribution in [3.63, 3.8) is 0 Å². The lowest BCUT2D eigenvalue weighted by Crippen LogP contribution is -2.52. The summed E-state index contributed by atoms with van der Waals surface area (Å²) in [5.41, 5.74) is 8.55. The lowest BCUT2D eigenvalue weighted by molar-refractivity contribution is 0.0895. The van der Waals surface area contributed by atoms with Crippen molar-refractivity contribution in [3.8, 4) is 0 Å². The van der Waals surface area contributed by atoms with Crippen LogP contribution in [0, 0.1) is 13.8 Å². The molecule has 0 aliphatic heterocycles. The second-order valence-corrected chi connectivity index (χ2v) is 4.94. The van der Waals surface area contributed by atoms with Crippen molar-refractivity contribution < 1.29 is 4.79 Å². The minimum Gasteiger partial charge on any atom is -0.345 e. The molecule has 0 aromatic heterocycles. The summed E-state index contributed by atoms with van der Waals surface area (Å²) < 4.78 is 0. The first-order valence-electron chi connectivity index (χ1n) is 6.58. The highest BCUT2D eigenvalue weighted by molar-refractivity contribution is 5.95. The molecule has 3 N–H and O–H groups in total. The van der Waals surface area contributed by atoms with Gasteiger partial charge in [-0.05, 0) is 49.9 Å². The molecule has 108 valence electrons. The summed E-state index contributed by atoms with van der Waals surface area (Å²) in [6, 6.07) is 5.77. The molecule has 1 aromatic carbocycles. The number of hydrogen-bond acceptors (Lipinski definition) is 2. The van der Waals surface area contributed by atoms with E-state index in [0.29, 0.717) is 12.1 Å². The molecule has 0 aliphatic carbocycles. The van der Waals surface area contributed by atoms with Gasteiger partial charge in [0.25, 0.3) is 5.91 Å². The molecule has 0 unspecified atom stereocenters. The van der Waals surface area contributed by atoms with Gasteiger partial charge in [-0.25, -0.2) is 0 Å². The van der Waals surface area contributed by atoms with E-state index in [-0.39, 0.29) is 23.9 Å². The van der Waals surface area contributed by atoms with E-state index in [2.05, 4.69) is 19.2 Å². The topological polar surface area (TPSA) is 55.1 Å². The van der Waals surface area contributed by atoms with E-state index in [4.69, 9.17) is 5.73 Å². The molecule has 3 nitrogen and oxygen atoms in total. The predicted molar refractivity (Wildman–Crippen MR) is 83.0 cm³/mol. The Balaban J connectivity index is 0.00000324. The quantitative estimate of drug-likeness (QED) is 0.873. The molecule has 19 heavy (non-hydrogen) atoms. The zero-order chi connectivity index (χ0) is 13.8. The third-order valence-electron chi connectivity index (χ3n) is 3.89. The SMILES string of the molecule is CCC(CC)(CN)NC(=O)c1ccc(C)c(C)c1.Cl. The average Bonchev–Trinajstić information content (AvgIpc) is 2.39. The first kappa shape index (κ1) is 17.9. The Hall–Kier alpha value is -1.06. The molecule has 0 radical (unpaired) electrons. The van der Waals surface area contributed by atoms with E-state index in [9.17, 15) is 4.79 Å². The van der Waals surface area contributed by atoms with Crippen LogP contribution in [0.2, 0.25) is 0 Å². The highest BCUT2D eigenvalue weighted by atomic mass is 35.5. The van der Waals surface area contributed by atoms with Crippen LogP contribution in [0.5, 0.6) is 0 Å². The molecule has 1 amide bonds. The number of amides is 1. The molecule has 0 atom stereocenters. The molecule has 0 spiro atoms. The van der Waals surface area contributed by atoms with Crippen LogP contribution in [0.15, 0.2) is 18.2 Å². The molecule has 1 aromatic rings. The van der Waals surface area contributed by atoms with Gasteiger partial charge in [0.2, 0.25) is 0 Å². The van der Waals surface area contributed by atoms with Gasteiger partial charge in [-0.2, -0.15) is 0 Å². The molecule has 1 rings (SSSR count). The first-order valence-corrected chi connectivity index (χ1v) is 6.58. The molecule has 0 fully saturated rings. The van der Waals surface area contributed by atoms with Crippen LogP contribution in [0.1, 0.15) is 48.2 Å². The largest absolute Gasteiger partial charge is 0.345 e. The molecular formula is C15H25ClN2O. The van der Waals surface area contributed by atoms with Gasteiger partial charge in [0.05, 0.1) is 5.54 Å². The van der Waals surface area contributed by atoms with Crippen molar-refractivity contribution in [2.45, 2.75) is 46.1 Å². The number of hydrogen-bond donors (Lipinski definition) is 2. The number of halogens is 1. The van der Waals surface area contributed by atoms with Crippen LogP contribution in [0.3, 0.4) is 0 Å². The molecule has 0 saturated heterocycles. The molecular weight excluding hydrogens is 260 g/mol. The van der Waals surface area contributed by atoms with Gasteiger partial charge in [-0.15, -0.1) is 12.4 Å². The van der Waals surface area contributed by atoms with E-state index in [1.165, 1.54) is 5.56 Å². The van der Waals surface area contributed by atoms with Gasteiger partial charge in [0.1, 0.15) is 0 Å². The third kappa shape index (κ3) is 4.22. The minimum absolute atomic E-state index is 0. The van der Waals surface area contributed by atoms with Crippen molar-refractivity contribution in [1.82, 2.24) is 5.32 Å². The molecule has 0 aliphatic rings. The summed E-state index contributed by atoms with van der Waals surface area (Å²) >= 11 is 0. The summed E-state index contributed by atoms with van der Waals surface area (Å²) in [4.78, 5) is 12.2. The Labute approximate surface area is 122 Å². The van der Waals surface area contributed by atoms with Gasteiger partial charge in [-0.3, -0.25) is 4.79 Å². The molecule has 4 heteroatoms. The van der Waals surface area contributed by atoms with Crippen molar-refractivity contribution in [2.75, 3.05) is 6.54 Å². The highest BCUT2D eigenvalue weighted by Gasteiger charge is 2.26. The summed E-state index contributed by atoms with van der Waals surface area (Å²) in [5, 5.41) is 3.08. The number of carbonyl (C=O) groups excluding carboxylic acids is 1. The lowest BCUT2D eigenvalue weighted by Gasteiger charge is -2.31. The third-order valence-corrected chi connectivity index (χ3v) is 3.89. The van der Waals surface area contributed by atoms with Crippen LogP contribution in [-0.2, 0) is 0 Å². The second kappa shape index (κ2) is 7.51. The first-order chi connectivity index (χ1) is 8.48. The zero-order valence-electron chi connectivity index (χ0n) is 12.2. The second-order valence-electron chi connectivity index (χ2n) is 4.94. The Morgan fingerprint density at radius 3 is 2.21 bits per heavy atom. The van der Waals surface area contributed by atoms with Crippen molar-refractivity contribution in [2.24, 2.45) is 5.73 Å². The number of carbonyl (C=O) groups is 1. The fourth-order valence-corrected chi connectivity index (χ4v) is 1.96. The monoisotopic (exact) mass is 284 g/mol. The minimum atomic E-state index is -0.282. The fraction of sp³-hybridized carbons (Fsp3) is 0.533. The highest BCUT2D eigenvalue weighted by Crippen LogP contribution is 2.16. The maximum Gasteiger partial charge on any atom is 0.251 e. The number of nitrogens with two attached hydrogens (primary N) is 1. The molecule has 0 heterocycles. The van der Waals surface area contributed by atoms with Crippen molar-refractivity contribution >= 4 is 18.3 Å². The van der Waals surface area contributed by atoms with E-state index >= 15 is 0 Å². The van der Waals surface area contributed by atoms with Gasteiger partial charge < -0.3 is 11.1 Å². The van der Waals surface area contributed by atoms with Crippen LogP contribution < -0.4 is 11.1 Å². The van der Waals surface area contributed by atoms with Crippen LogP contribution in [-0.4, -0.2) is 18.0 Å². The Kier molecular flexibility index (Phi) is 7.09. The van der Waals surface area contributed by atoms with E-state index in [1.807, 2.05) is 32.0 Å². The smallest absolute Gasteiger partial charge is 0.251 e. The van der Waals surface area contributed by atoms with Crippen LogP contribution in [0.25, 0.3) is 0 Å². The molecule has 0 saturated carbocycles. The summed E-state index contributed by atoms with van der Waals surface area (Å²) in [5.74, 6) is -0.0350. The summed E-state index contributed by atoms with van der Waals surface area (Å²) in [6.07, 6.45) is 1.69. The van der Waals surface area contributed by atoms with Gasteiger partial charge in [0.15, 0.2) is 0 Å². The maximum absolute atomic E-state index is 12.2. The Bertz CT molecular complexity index is 420. The lowest BCUT2D eigenvalue weighted by atomic mass is 9.92. The Morgan fingerprint density at radius 2 is 1.79 bits per heavy atom. The maximum atomic E-state index is 12.2. The number of nitrogens with one attached hydrogen (secondary N) is 1. The van der Waals surface area contributed by atoms with Crippen LogP contribution in [0.4, 0.5) is 0 Å². The van der Waals surface area contributed by atoms with Crippen molar-refractivity contribution in [3.05, 3.63) is 34.9 Å². The fourth-order valence-electron chi connectivity index (χ4n) is 1.96. The standard InChI is InChI=1S/C15H24N2O.ClH/c1-5-15(6-2,10-16)17-14(18)13-8-7-11(3)12(4)9-13;/h7-9H,5-6,10,16H2,1-4H3,(H,17,18);1H. The van der Waals surface area contributed by atoms with E-state index in [0.717, 1.165) is 18.4 Å². The van der Waals surface area contributed by atoms with E-state index in [1.54, 1.807) is 0 Å². The van der Waals surface area contributed by atoms with Gasteiger partial charge >= 0.3 is 0 Å². The number of aryl methyl sites for hydroxylation is 2. The summed E-state index contributed by atoms with van der Waals surface area (Å²) in [6.45, 7) is 8.63. The van der Waals surface area contributed by atoms with Gasteiger partial charge in [0, 0.05) is 12.1 Å². The van der Waals surface area contributed by atoms with Crippen LogP contribution >= 0.6 is 12.4 Å². The molecule has 0 bridgehead atoms. The van der Waals surface area contributed by atoms with Gasteiger partial charge in [-0.1, -0.05) is 19.9 Å². The summed E-state index contributed by atoms with van der Waals surface area (Å²) in [7, 11) is 0. The van der Waals surface area contributed by atoms with Crippen molar-refractivity contribution in [1.29, 1.82) is 0 Å². The zero-order valence-corrected chi connectivity index (χ0v) is 13.1. The number of benzene rings is 1. The number of rotatable bonds is 5.